The van der Waals surface area contributed by atoms with E-state index < -0.39 is 0 Å². The first-order valence-corrected chi connectivity index (χ1v) is 9.37. The molecule has 2 rings (SSSR count). The van der Waals surface area contributed by atoms with Gasteiger partial charge in [0.05, 0.1) is 6.04 Å². The molecular formula is C17H30IN5OS. The molecule has 25 heavy (non-hydrogen) atoms. The van der Waals surface area contributed by atoms with Crippen LogP contribution >= 0.6 is 35.3 Å². The van der Waals surface area contributed by atoms with Crippen LogP contribution in [-0.2, 0) is 4.79 Å². The molecule has 1 aromatic rings. The lowest BCUT2D eigenvalue weighted by atomic mass is 10.2. The summed E-state index contributed by atoms with van der Waals surface area (Å²) in [6, 6.07) is 4.83. The summed E-state index contributed by atoms with van der Waals surface area (Å²) in [5.41, 5.74) is 0. The Morgan fingerprint density at radius 2 is 2.28 bits per heavy atom. The van der Waals surface area contributed by atoms with Crippen LogP contribution in [-0.4, -0.2) is 68.5 Å². The number of carbonyl (C=O) groups excluding carboxylic acids is 1. The van der Waals surface area contributed by atoms with Crippen LogP contribution < -0.4 is 10.6 Å². The fourth-order valence-electron chi connectivity index (χ4n) is 2.93. The average Bonchev–Trinajstić information content (AvgIpc) is 3.24. The summed E-state index contributed by atoms with van der Waals surface area (Å²) in [5.74, 6) is 1.03. The van der Waals surface area contributed by atoms with Crippen LogP contribution in [0.3, 0.4) is 0 Å². The van der Waals surface area contributed by atoms with E-state index in [4.69, 9.17) is 0 Å². The lowest BCUT2D eigenvalue weighted by Crippen LogP contribution is -2.47. The largest absolute Gasteiger partial charge is 0.354 e. The van der Waals surface area contributed by atoms with Crippen molar-refractivity contribution in [2.45, 2.75) is 31.8 Å². The molecule has 0 aromatic carbocycles. The van der Waals surface area contributed by atoms with E-state index in [1.54, 1.807) is 18.4 Å². The number of hydrogen-bond acceptors (Lipinski definition) is 4. The minimum Gasteiger partial charge on any atom is -0.354 e. The zero-order chi connectivity index (χ0) is 17.5. The van der Waals surface area contributed by atoms with Crippen molar-refractivity contribution in [3.05, 3.63) is 22.4 Å². The molecule has 0 aliphatic carbocycles. The quantitative estimate of drug-likeness (QED) is 0.373. The smallest absolute Gasteiger partial charge is 0.222 e. The first-order valence-electron chi connectivity index (χ1n) is 8.50. The fraction of sp³-hybridized carbons (Fsp3) is 0.647. The molecule has 1 fully saturated rings. The summed E-state index contributed by atoms with van der Waals surface area (Å²) in [4.78, 5) is 21.6. The highest BCUT2D eigenvalue weighted by Gasteiger charge is 2.26. The molecule has 0 spiro atoms. The molecule has 1 aliphatic heterocycles. The van der Waals surface area contributed by atoms with Crippen LogP contribution in [0.4, 0.5) is 0 Å². The maximum atomic E-state index is 11.8. The number of likely N-dealkylation sites (N-methyl/N-ethyl adjacent to an activating group) is 1. The molecule has 1 aromatic heterocycles. The van der Waals surface area contributed by atoms with Gasteiger partial charge in [0.1, 0.15) is 0 Å². The monoisotopic (exact) mass is 479 g/mol. The van der Waals surface area contributed by atoms with Crippen molar-refractivity contribution < 1.29 is 4.79 Å². The Hall–Kier alpha value is -0.870. The number of aliphatic imine (C=N–C) groups is 1. The van der Waals surface area contributed by atoms with E-state index in [0.717, 1.165) is 32.0 Å². The molecule has 6 nitrogen and oxygen atoms in total. The number of likely N-dealkylation sites (tertiary alicyclic amines) is 1. The van der Waals surface area contributed by atoms with Gasteiger partial charge in [0.2, 0.25) is 5.91 Å². The summed E-state index contributed by atoms with van der Waals surface area (Å²) >= 11 is 1.77. The van der Waals surface area contributed by atoms with Gasteiger partial charge < -0.3 is 20.4 Å². The summed E-state index contributed by atoms with van der Waals surface area (Å²) in [6.07, 6.45) is 1.54. The molecule has 1 saturated heterocycles. The normalized spacial score (nSPS) is 18.8. The highest BCUT2D eigenvalue weighted by molar-refractivity contribution is 14.0. The van der Waals surface area contributed by atoms with Crippen molar-refractivity contribution in [1.82, 2.24) is 20.4 Å². The fourth-order valence-corrected chi connectivity index (χ4v) is 3.85. The van der Waals surface area contributed by atoms with Crippen molar-refractivity contribution in [2.75, 3.05) is 40.8 Å². The lowest BCUT2D eigenvalue weighted by Gasteiger charge is -2.25. The van der Waals surface area contributed by atoms with E-state index >= 15 is 0 Å². The SMILES string of the molecule is CCC(=O)N1CCC(NC(=NC)NCC(c2cccs2)N(C)C)C1.I. The second-order valence-corrected chi connectivity index (χ2v) is 7.25. The third-order valence-electron chi connectivity index (χ3n) is 4.37. The average molecular weight is 479 g/mol. The van der Waals surface area contributed by atoms with E-state index in [-0.39, 0.29) is 35.9 Å². The Balaban J connectivity index is 0.00000312. The molecular weight excluding hydrogens is 449 g/mol. The topological polar surface area (TPSA) is 60.0 Å². The summed E-state index contributed by atoms with van der Waals surface area (Å²) in [6.45, 7) is 4.29. The number of halogens is 1. The van der Waals surface area contributed by atoms with E-state index in [1.807, 2.05) is 11.8 Å². The number of guanidine groups is 1. The van der Waals surface area contributed by atoms with Gasteiger partial charge in [0, 0.05) is 44.0 Å². The number of carbonyl (C=O) groups is 1. The van der Waals surface area contributed by atoms with Crippen molar-refractivity contribution in [3.8, 4) is 0 Å². The number of hydrogen-bond donors (Lipinski definition) is 2. The molecule has 1 amide bonds. The number of nitrogens with zero attached hydrogens (tertiary/aromatic N) is 3. The molecule has 8 heteroatoms. The van der Waals surface area contributed by atoms with Crippen LogP contribution in [0, 0.1) is 0 Å². The van der Waals surface area contributed by atoms with Gasteiger partial charge in [0.25, 0.3) is 0 Å². The standard InChI is InChI=1S/C17H29N5OS.HI/c1-5-16(23)22-9-8-13(12-22)20-17(18-2)19-11-14(21(3)4)15-7-6-10-24-15;/h6-7,10,13-14H,5,8-9,11-12H2,1-4H3,(H2,18,19,20);1H. The third kappa shape index (κ3) is 6.41. The minimum absolute atomic E-state index is 0. The maximum absolute atomic E-state index is 11.8. The second-order valence-electron chi connectivity index (χ2n) is 6.27. The molecule has 0 saturated carbocycles. The Morgan fingerprint density at radius 1 is 1.52 bits per heavy atom. The van der Waals surface area contributed by atoms with Crippen molar-refractivity contribution in [1.29, 1.82) is 0 Å². The van der Waals surface area contributed by atoms with Gasteiger partial charge in [-0.3, -0.25) is 9.79 Å². The Labute approximate surface area is 172 Å². The first kappa shape index (κ1) is 22.2. The van der Waals surface area contributed by atoms with Crippen LogP contribution in [0.2, 0.25) is 0 Å². The van der Waals surface area contributed by atoms with E-state index in [2.05, 4.69) is 52.1 Å². The second kappa shape index (κ2) is 11.0. The summed E-state index contributed by atoms with van der Waals surface area (Å²) in [7, 11) is 5.97. The third-order valence-corrected chi connectivity index (χ3v) is 5.34. The van der Waals surface area contributed by atoms with Crippen molar-refractivity contribution >= 4 is 47.2 Å². The first-order chi connectivity index (χ1) is 11.5. The molecule has 2 unspecified atom stereocenters. The molecule has 2 heterocycles. The molecule has 0 bridgehead atoms. The number of thiophene rings is 1. The number of rotatable bonds is 6. The zero-order valence-corrected chi connectivity index (χ0v) is 18.6. The van der Waals surface area contributed by atoms with Crippen molar-refractivity contribution in [3.63, 3.8) is 0 Å². The highest BCUT2D eigenvalue weighted by Crippen LogP contribution is 2.22. The molecule has 2 atom stereocenters. The molecule has 0 radical (unpaired) electrons. The van der Waals surface area contributed by atoms with Gasteiger partial charge in [0.15, 0.2) is 5.96 Å². The van der Waals surface area contributed by atoms with Crippen LogP contribution in [0.1, 0.15) is 30.7 Å². The van der Waals surface area contributed by atoms with Gasteiger partial charge in [-0.2, -0.15) is 0 Å². The van der Waals surface area contributed by atoms with Crippen LogP contribution in [0.15, 0.2) is 22.5 Å². The van der Waals surface area contributed by atoms with Gasteiger partial charge in [-0.05, 0) is 32.0 Å². The van der Waals surface area contributed by atoms with E-state index in [1.165, 1.54) is 4.88 Å². The van der Waals surface area contributed by atoms with Gasteiger partial charge in [-0.15, -0.1) is 35.3 Å². The maximum Gasteiger partial charge on any atom is 0.222 e. The van der Waals surface area contributed by atoms with Crippen molar-refractivity contribution in [2.24, 2.45) is 4.99 Å². The number of amides is 1. The predicted octanol–water partition coefficient (Wildman–Crippen LogP) is 2.14. The van der Waals surface area contributed by atoms with Gasteiger partial charge in [-0.25, -0.2) is 0 Å². The van der Waals surface area contributed by atoms with Gasteiger partial charge in [-0.1, -0.05) is 13.0 Å². The van der Waals surface area contributed by atoms with E-state index in [0.29, 0.717) is 12.5 Å². The number of nitrogens with one attached hydrogen (secondary N) is 2. The van der Waals surface area contributed by atoms with Crippen LogP contribution in [0.5, 0.6) is 0 Å². The summed E-state index contributed by atoms with van der Waals surface area (Å²) in [5, 5.41) is 8.98. The molecule has 1 aliphatic rings. The summed E-state index contributed by atoms with van der Waals surface area (Å²) < 4.78 is 0. The Kier molecular flexibility index (Phi) is 9.73. The minimum atomic E-state index is 0. The lowest BCUT2D eigenvalue weighted by molar-refractivity contribution is -0.129. The Morgan fingerprint density at radius 3 is 2.84 bits per heavy atom. The highest BCUT2D eigenvalue weighted by atomic mass is 127. The van der Waals surface area contributed by atoms with Gasteiger partial charge >= 0.3 is 0 Å². The zero-order valence-electron chi connectivity index (χ0n) is 15.5. The molecule has 142 valence electrons. The predicted molar refractivity (Wildman–Crippen MR) is 116 cm³/mol. The van der Waals surface area contributed by atoms with E-state index in [9.17, 15) is 4.79 Å². The van der Waals surface area contributed by atoms with Crippen LogP contribution in [0.25, 0.3) is 0 Å². The molecule has 2 N–H and O–H groups in total. The Bertz CT molecular complexity index is 549.